The first-order valence-electron chi connectivity index (χ1n) is 10.4. The zero-order valence-electron chi connectivity index (χ0n) is 18.0. The van der Waals surface area contributed by atoms with E-state index in [1.54, 1.807) is 28.9 Å². The third kappa shape index (κ3) is 4.64. The molecule has 2 aromatic rings. The van der Waals surface area contributed by atoms with Crippen molar-refractivity contribution in [3.05, 3.63) is 39.5 Å². The van der Waals surface area contributed by atoms with Gasteiger partial charge in [-0.05, 0) is 38.0 Å². The second-order valence-electron chi connectivity index (χ2n) is 7.93. The summed E-state index contributed by atoms with van der Waals surface area (Å²) in [5.74, 6) is -0.363. The van der Waals surface area contributed by atoms with Crippen LogP contribution >= 0.6 is 23.2 Å². The molecule has 3 heterocycles. The van der Waals surface area contributed by atoms with E-state index in [0.29, 0.717) is 54.4 Å². The average molecular weight is 513 g/mol. The van der Waals surface area contributed by atoms with Gasteiger partial charge in [-0.15, -0.1) is 0 Å². The molecule has 0 radical (unpaired) electrons. The third-order valence-corrected chi connectivity index (χ3v) is 7.12. The largest absolute Gasteiger partial charge is 0.450 e. The summed E-state index contributed by atoms with van der Waals surface area (Å²) in [6.45, 7) is 3.19. The first-order valence-corrected chi connectivity index (χ1v) is 13.0. The van der Waals surface area contributed by atoms with E-state index < -0.39 is 15.0 Å². The van der Waals surface area contributed by atoms with Crippen molar-refractivity contribution in [2.24, 2.45) is 0 Å². The fourth-order valence-corrected chi connectivity index (χ4v) is 5.12. The van der Waals surface area contributed by atoms with E-state index in [-0.39, 0.29) is 35.3 Å². The number of ether oxygens (including phenoxy) is 1. The second-order valence-corrected chi connectivity index (χ2v) is 10.7. The number of benzene rings is 1. The number of hydrogen-bond donors (Lipinski definition) is 0. The number of aromatic nitrogens is 2. The first kappa shape index (κ1) is 23.7. The number of hydrogen-bond acceptors (Lipinski definition) is 7. The van der Waals surface area contributed by atoms with E-state index in [4.69, 9.17) is 27.9 Å². The Morgan fingerprint density at radius 1 is 1.18 bits per heavy atom. The molecule has 0 saturated carbocycles. The van der Waals surface area contributed by atoms with Gasteiger partial charge in [0.25, 0.3) is 5.91 Å². The highest BCUT2D eigenvalue weighted by atomic mass is 35.5. The molecule has 1 aromatic carbocycles. The number of sulfone groups is 1. The van der Waals surface area contributed by atoms with Gasteiger partial charge >= 0.3 is 6.09 Å². The van der Waals surface area contributed by atoms with Crippen LogP contribution in [0.4, 0.5) is 4.79 Å². The maximum Gasteiger partial charge on any atom is 0.409 e. The molecule has 12 heteroatoms. The number of carbonyl (C=O) groups is 2. The molecular weight excluding hydrogens is 491 g/mol. The molecule has 2 aliphatic rings. The summed E-state index contributed by atoms with van der Waals surface area (Å²) >= 11 is 12.4. The summed E-state index contributed by atoms with van der Waals surface area (Å²) in [6.07, 6.45) is 1.77. The molecule has 176 valence electrons. The van der Waals surface area contributed by atoms with E-state index in [1.807, 2.05) is 0 Å². The van der Waals surface area contributed by atoms with Gasteiger partial charge in [0.15, 0.2) is 0 Å². The lowest BCUT2D eigenvalue weighted by Crippen LogP contribution is -2.47. The van der Waals surface area contributed by atoms with Gasteiger partial charge in [-0.2, -0.15) is 0 Å². The van der Waals surface area contributed by atoms with Crippen LogP contribution in [0.5, 0.6) is 0 Å². The highest BCUT2D eigenvalue weighted by Crippen LogP contribution is 2.37. The lowest BCUT2D eigenvalue weighted by atomic mass is 10.0. The second kappa shape index (κ2) is 9.08. The molecule has 0 spiro atoms. The number of halogens is 2. The summed E-state index contributed by atoms with van der Waals surface area (Å²) in [5, 5.41) is 0.273. The molecule has 0 unspecified atom stereocenters. The Bertz CT molecular complexity index is 1230. The summed E-state index contributed by atoms with van der Waals surface area (Å²) in [7, 11) is -3.78. The SMILES string of the molecule is CCOC(=O)N1CCC(N2Cc3c(nc(S(C)(=O)=O)nc3-c3ccc(Cl)cc3Cl)C2=O)CC1. The van der Waals surface area contributed by atoms with E-state index >= 15 is 0 Å². The standard InChI is InChI=1S/C21H22Cl2N4O5S/c1-3-32-21(29)26-8-6-13(7-9-26)27-11-15-17(14-5-4-12(22)10-16(14)23)24-20(33(2,30)31)25-18(15)19(27)28/h4-5,10,13H,3,6-9,11H2,1-2H3. The molecule has 33 heavy (non-hydrogen) atoms. The molecular formula is C21H22Cl2N4O5S. The molecule has 1 saturated heterocycles. The van der Waals surface area contributed by atoms with Crippen LogP contribution in [0.1, 0.15) is 35.8 Å². The van der Waals surface area contributed by atoms with Crippen molar-refractivity contribution >= 4 is 45.0 Å². The molecule has 0 atom stereocenters. The molecule has 0 bridgehead atoms. The summed E-state index contributed by atoms with van der Waals surface area (Å²) in [6, 6.07) is 4.67. The maximum atomic E-state index is 13.3. The van der Waals surface area contributed by atoms with Crippen molar-refractivity contribution in [2.45, 2.75) is 37.5 Å². The van der Waals surface area contributed by atoms with Crippen LogP contribution in [0.2, 0.25) is 10.0 Å². The quantitative estimate of drug-likeness (QED) is 0.577. The Hall–Kier alpha value is -2.43. The Kier molecular flexibility index (Phi) is 6.52. The summed E-state index contributed by atoms with van der Waals surface area (Å²) in [5.41, 5.74) is 1.34. The van der Waals surface area contributed by atoms with E-state index in [1.165, 1.54) is 6.07 Å². The van der Waals surface area contributed by atoms with Crippen LogP contribution in [-0.4, -0.2) is 72.2 Å². The van der Waals surface area contributed by atoms with Gasteiger partial charge in [0.05, 0.1) is 23.9 Å². The number of nitrogens with zero attached hydrogens (tertiary/aromatic N) is 4. The lowest BCUT2D eigenvalue weighted by Gasteiger charge is -2.36. The zero-order valence-corrected chi connectivity index (χ0v) is 20.4. The van der Waals surface area contributed by atoms with Crippen LogP contribution < -0.4 is 0 Å². The molecule has 2 aliphatic heterocycles. The van der Waals surface area contributed by atoms with E-state index in [0.717, 1.165) is 6.26 Å². The molecule has 2 amide bonds. The van der Waals surface area contributed by atoms with Gasteiger partial charge in [0.2, 0.25) is 15.0 Å². The lowest BCUT2D eigenvalue weighted by molar-refractivity contribution is 0.0555. The Labute approximate surface area is 201 Å². The van der Waals surface area contributed by atoms with Gasteiger partial charge in [-0.25, -0.2) is 23.2 Å². The monoisotopic (exact) mass is 512 g/mol. The van der Waals surface area contributed by atoms with Crippen LogP contribution in [-0.2, 0) is 21.1 Å². The molecule has 0 aliphatic carbocycles. The van der Waals surface area contributed by atoms with Gasteiger partial charge < -0.3 is 14.5 Å². The predicted octanol–water partition coefficient (Wildman–Crippen LogP) is 3.43. The Balaban J connectivity index is 1.68. The highest BCUT2D eigenvalue weighted by Gasteiger charge is 2.39. The van der Waals surface area contributed by atoms with Crippen LogP contribution in [0.25, 0.3) is 11.3 Å². The molecule has 4 rings (SSSR count). The topological polar surface area (TPSA) is 110 Å². The number of amides is 2. The zero-order chi connectivity index (χ0) is 23.9. The van der Waals surface area contributed by atoms with E-state index in [9.17, 15) is 18.0 Å². The summed E-state index contributed by atoms with van der Waals surface area (Å²) in [4.78, 5) is 36.9. The van der Waals surface area contributed by atoms with Crippen molar-refractivity contribution in [1.82, 2.24) is 19.8 Å². The van der Waals surface area contributed by atoms with Gasteiger partial charge in [0.1, 0.15) is 5.69 Å². The first-order chi connectivity index (χ1) is 15.6. The Morgan fingerprint density at radius 2 is 1.85 bits per heavy atom. The van der Waals surface area contributed by atoms with Crippen molar-refractivity contribution in [2.75, 3.05) is 26.0 Å². The van der Waals surface area contributed by atoms with Crippen molar-refractivity contribution in [1.29, 1.82) is 0 Å². The Morgan fingerprint density at radius 3 is 2.45 bits per heavy atom. The number of piperidine rings is 1. The maximum absolute atomic E-state index is 13.3. The number of rotatable bonds is 4. The summed E-state index contributed by atoms with van der Waals surface area (Å²) < 4.78 is 29.5. The molecule has 1 fully saturated rings. The normalized spacial score (nSPS) is 16.8. The van der Waals surface area contributed by atoms with Crippen molar-refractivity contribution in [3.8, 4) is 11.3 Å². The third-order valence-electron chi connectivity index (χ3n) is 5.73. The number of carbonyl (C=O) groups excluding carboxylic acids is 2. The van der Waals surface area contributed by atoms with Crippen molar-refractivity contribution < 1.29 is 22.7 Å². The molecule has 9 nitrogen and oxygen atoms in total. The van der Waals surface area contributed by atoms with Gasteiger partial charge in [-0.3, -0.25) is 4.79 Å². The van der Waals surface area contributed by atoms with Crippen molar-refractivity contribution in [3.63, 3.8) is 0 Å². The molecule has 0 N–H and O–H groups in total. The minimum absolute atomic E-state index is 0.0549. The smallest absolute Gasteiger partial charge is 0.409 e. The number of fused-ring (bicyclic) bond motifs is 1. The molecule has 1 aromatic heterocycles. The van der Waals surface area contributed by atoms with Crippen LogP contribution in [0.3, 0.4) is 0 Å². The van der Waals surface area contributed by atoms with Gasteiger partial charge in [0, 0.05) is 41.5 Å². The van der Waals surface area contributed by atoms with E-state index in [2.05, 4.69) is 9.97 Å². The highest BCUT2D eigenvalue weighted by molar-refractivity contribution is 7.90. The van der Waals surface area contributed by atoms with Gasteiger partial charge in [-0.1, -0.05) is 23.2 Å². The average Bonchev–Trinajstić information content (AvgIpc) is 3.10. The predicted molar refractivity (Wildman–Crippen MR) is 122 cm³/mol. The number of likely N-dealkylation sites (tertiary alicyclic amines) is 1. The van der Waals surface area contributed by atoms with Crippen LogP contribution in [0.15, 0.2) is 23.4 Å². The minimum Gasteiger partial charge on any atom is -0.450 e. The minimum atomic E-state index is -3.78. The fraction of sp³-hybridized carbons (Fsp3) is 0.429. The van der Waals surface area contributed by atoms with Crippen LogP contribution in [0, 0.1) is 0 Å². The fourth-order valence-electron chi connectivity index (χ4n) is 4.11.